The van der Waals surface area contributed by atoms with Gasteiger partial charge in [-0.1, -0.05) is 6.07 Å². The number of hydrogen-bond donors (Lipinski definition) is 2. The first kappa shape index (κ1) is 13.5. The van der Waals surface area contributed by atoms with Crippen LogP contribution in [0.2, 0.25) is 0 Å². The number of phenols is 1. The molecule has 19 heavy (non-hydrogen) atoms. The summed E-state index contributed by atoms with van der Waals surface area (Å²) in [5.41, 5.74) is 3.03. The molecule has 0 amide bonds. The van der Waals surface area contributed by atoms with E-state index in [0.717, 1.165) is 16.8 Å². The lowest BCUT2D eigenvalue weighted by atomic mass is 10.1. The maximum Gasteiger partial charge on any atom is 0.165 e. The molecule has 1 unspecified atom stereocenters. The fourth-order valence-electron chi connectivity index (χ4n) is 1.98. The van der Waals surface area contributed by atoms with Crippen LogP contribution in [-0.2, 0) is 13.6 Å². The van der Waals surface area contributed by atoms with Crippen LogP contribution in [0.4, 0.5) is 4.39 Å². The van der Waals surface area contributed by atoms with Gasteiger partial charge in [-0.15, -0.1) is 0 Å². The minimum absolute atomic E-state index is 0.130. The van der Waals surface area contributed by atoms with E-state index in [2.05, 4.69) is 10.4 Å². The fraction of sp³-hybridized carbons (Fsp3) is 0.357. The molecular formula is C14H18FN3O. The van der Waals surface area contributed by atoms with Gasteiger partial charge in [0.05, 0.1) is 6.20 Å². The summed E-state index contributed by atoms with van der Waals surface area (Å²) in [4.78, 5) is 0. The molecule has 1 aromatic carbocycles. The van der Waals surface area contributed by atoms with E-state index in [4.69, 9.17) is 5.11 Å². The summed E-state index contributed by atoms with van der Waals surface area (Å²) >= 11 is 0. The van der Waals surface area contributed by atoms with Gasteiger partial charge in [-0.25, -0.2) is 4.39 Å². The lowest BCUT2D eigenvalue weighted by molar-refractivity contribution is 0.431. The molecule has 0 bridgehead atoms. The monoisotopic (exact) mass is 263 g/mol. The number of nitrogens with one attached hydrogen (secondary N) is 1. The third-order valence-corrected chi connectivity index (χ3v) is 3.36. The maximum atomic E-state index is 13.2. The molecular weight excluding hydrogens is 245 g/mol. The highest BCUT2D eigenvalue weighted by atomic mass is 19.1. The summed E-state index contributed by atoms with van der Waals surface area (Å²) in [5, 5.41) is 16.6. The highest BCUT2D eigenvalue weighted by Gasteiger charge is 2.11. The van der Waals surface area contributed by atoms with Gasteiger partial charge in [-0.3, -0.25) is 4.68 Å². The van der Waals surface area contributed by atoms with Crippen molar-refractivity contribution in [2.24, 2.45) is 7.05 Å². The Bertz CT molecular complexity index is 580. The van der Waals surface area contributed by atoms with E-state index in [0.29, 0.717) is 6.54 Å². The second-order valence-electron chi connectivity index (χ2n) is 4.70. The molecule has 0 aliphatic carbocycles. The van der Waals surface area contributed by atoms with Gasteiger partial charge < -0.3 is 10.4 Å². The van der Waals surface area contributed by atoms with Crippen molar-refractivity contribution in [3.8, 4) is 5.75 Å². The Morgan fingerprint density at radius 1 is 1.47 bits per heavy atom. The minimum atomic E-state index is -0.593. The molecule has 0 saturated carbocycles. The van der Waals surface area contributed by atoms with Gasteiger partial charge in [0.15, 0.2) is 11.6 Å². The lowest BCUT2D eigenvalue weighted by Crippen LogP contribution is -2.18. The summed E-state index contributed by atoms with van der Waals surface area (Å²) in [6, 6.07) is 4.54. The summed E-state index contributed by atoms with van der Waals surface area (Å²) in [5.74, 6) is -0.913. The molecule has 5 heteroatoms. The van der Waals surface area contributed by atoms with E-state index < -0.39 is 5.82 Å². The molecule has 1 heterocycles. The molecule has 2 rings (SSSR count). The van der Waals surface area contributed by atoms with Gasteiger partial charge in [-0.05, 0) is 31.5 Å². The molecule has 2 N–H and O–H groups in total. The SMILES string of the molecule is Cc1c(C(C)NCc2ccc(O)c(F)c2)cnn1C. The van der Waals surface area contributed by atoms with Crippen molar-refractivity contribution in [3.05, 3.63) is 47.0 Å². The third-order valence-electron chi connectivity index (χ3n) is 3.36. The van der Waals surface area contributed by atoms with Crippen molar-refractivity contribution in [1.29, 1.82) is 0 Å². The number of aryl methyl sites for hydroxylation is 1. The molecule has 0 fully saturated rings. The van der Waals surface area contributed by atoms with Crippen LogP contribution < -0.4 is 5.32 Å². The molecule has 1 atom stereocenters. The largest absolute Gasteiger partial charge is 0.505 e. The summed E-state index contributed by atoms with van der Waals surface area (Å²) in [7, 11) is 1.90. The van der Waals surface area contributed by atoms with E-state index >= 15 is 0 Å². The molecule has 4 nitrogen and oxygen atoms in total. The van der Waals surface area contributed by atoms with Crippen molar-refractivity contribution in [2.75, 3.05) is 0 Å². The number of benzene rings is 1. The Labute approximate surface area is 111 Å². The van der Waals surface area contributed by atoms with Crippen LogP contribution in [0.1, 0.15) is 29.8 Å². The quantitative estimate of drug-likeness (QED) is 0.890. The Balaban J connectivity index is 2.02. The van der Waals surface area contributed by atoms with Crippen molar-refractivity contribution < 1.29 is 9.50 Å². The van der Waals surface area contributed by atoms with Crippen LogP contribution in [0.5, 0.6) is 5.75 Å². The topological polar surface area (TPSA) is 50.1 Å². The zero-order valence-electron chi connectivity index (χ0n) is 11.3. The summed E-state index contributed by atoms with van der Waals surface area (Å²) < 4.78 is 15.0. The highest BCUT2D eigenvalue weighted by molar-refractivity contribution is 5.28. The number of hydrogen-bond acceptors (Lipinski definition) is 3. The van der Waals surface area contributed by atoms with Crippen LogP contribution in [0.15, 0.2) is 24.4 Å². The average molecular weight is 263 g/mol. The van der Waals surface area contributed by atoms with Gasteiger partial charge in [0.2, 0.25) is 0 Å². The first-order valence-electron chi connectivity index (χ1n) is 6.18. The molecule has 2 aromatic rings. The van der Waals surface area contributed by atoms with Gasteiger partial charge in [0.25, 0.3) is 0 Å². The third kappa shape index (κ3) is 2.93. The Morgan fingerprint density at radius 2 is 2.21 bits per heavy atom. The van der Waals surface area contributed by atoms with Crippen molar-refractivity contribution in [3.63, 3.8) is 0 Å². The Morgan fingerprint density at radius 3 is 2.79 bits per heavy atom. The highest BCUT2D eigenvalue weighted by Crippen LogP contribution is 2.19. The fourth-order valence-corrected chi connectivity index (χ4v) is 1.98. The molecule has 102 valence electrons. The Kier molecular flexibility index (Phi) is 3.85. The average Bonchev–Trinajstić information content (AvgIpc) is 2.71. The van der Waals surface area contributed by atoms with Crippen LogP contribution in [0, 0.1) is 12.7 Å². The van der Waals surface area contributed by atoms with Crippen molar-refractivity contribution >= 4 is 0 Å². The second kappa shape index (κ2) is 5.40. The number of phenolic OH excluding ortho intramolecular Hbond substituents is 1. The summed E-state index contributed by atoms with van der Waals surface area (Å²) in [6.45, 7) is 4.59. The molecule has 0 aliphatic heterocycles. The van der Waals surface area contributed by atoms with E-state index in [1.807, 2.05) is 31.8 Å². The molecule has 1 aromatic heterocycles. The van der Waals surface area contributed by atoms with Crippen LogP contribution >= 0.6 is 0 Å². The predicted molar refractivity (Wildman–Crippen MR) is 71.3 cm³/mol. The maximum absolute atomic E-state index is 13.2. The van der Waals surface area contributed by atoms with E-state index in [1.54, 1.807) is 6.07 Å². The smallest absolute Gasteiger partial charge is 0.165 e. The number of aromatic hydroxyl groups is 1. The lowest BCUT2D eigenvalue weighted by Gasteiger charge is -2.14. The van der Waals surface area contributed by atoms with Crippen LogP contribution in [-0.4, -0.2) is 14.9 Å². The Hall–Kier alpha value is -1.88. The number of halogens is 1. The summed E-state index contributed by atoms with van der Waals surface area (Å²) in [6.07, 6.45) is 1.84. The standard InChI is InChI=1S/C14H18FN3O/c1-9(12-8-17-18(3)10(12)2)16-7-11-4-5-14(19)13(15)6-11/h4-6,8-9,16,19H,7H2,1-3H3. The zero-order chi connectivity index (χ0) is 14.0. The van der Waals surface area contributed by atoms with E-state index in [-0.39, 0.29) is 11.8 Å². The van der Waals surface area contributed by atoms with Crippen LogP contribution in [0.3, 0.4) is 0 Å². The molecule has 0 aliphatic rings. The van der Waals surface area contributed by atoms with Crippen LogP contribution in [0.25, 0.3) is 0 Å². The first-order valence-corrected chi connectivity index (χ1v) is 6.18. The number of rotatable bonds is 4. The van der Waals surface area contributed by atoms with E-state index in [9.17, 15) is 4.39 Å². The zero-order valence-corrected chi connectivity index (χ0v) is 11.3. The van der Waals surface area contributed by atoms with Crippen molar-refractivity contribution in [2.45, 2.75) is 26.4 Å². The molecule has 0 radical (unpaired) electrons. The van der Waals surface area contributed by atoms with Gasteiger partial charge in [0.1, 0.15) is 0 Å². The second-order valence-corrected chi connectivity index (χ2v) is 4.70. The van der Waals surface area contributed by atoms with Gasteiger partial charge >= 0.3 is 0 Å². The molecule has 0 spiro atoms. The predicted octanol–water partition coefficient (Wildman–Crippen LogP) is 2.42. The number of nitrogens with zero attached hydrogens (tertiary/aromatic N) is 2. The van der Waals surface area contributed by atoms with Crippen molar-refractivity contribution in [1.82, 2.24) is 15.1 Å². The first-order chi connectivity index (χ1) is 8.99. The molecule has 0 saturated heterocycles. The van der Waals surface area contributed by atoms with Gasteiger partial charge in [-0.2, -0.15) is 5.10 Å². The minimum Gasteiger partial charge on any atom is -0.505 e. The van der Waals surface area contributed by atoms with Gasteiger partial charge in [0, 0.05) is 30.9 Å². The normalized spacial score (nSPS) is 12.6. The van der Waals surface area contributed by atoms with E-state index in [1.165, 1.54) is 12.1 Å². The number of aromatic nitrogens is 2.